The number of benzene rings is 7. The number of nitrogens with zero attached hydrogens (tertiary/aromatic N) is 4. The molecule has 21 heteroatoms. The topological polar surface area (TPSA) is 284 Å². The zero-order valence-corrected chi connectivity index (χ0v) is 33.9. The Bertz CT molecular complexity index is 3310. The largest absolute Gasteiger partial charge is 0.505 e. The molecule has 0 aliphatic heterocycles. The van der Waals surface area contributed by atoms with Crippen LogP contribution in [0, 0.1) is 0 Å². The Kier molecular flexibility index (Phi) is 11.2. The van der Waals surface area contributed by atoms with E-state index in [1.165, 1.54) is 32.4 Å². The first-order valence-corrected chi connectivity index (χ1v) is 21.7. The monoisotopic (exact) mass is 885 g/mol. The van der Waals surface area contributed by atoms with Crippen LogP contribution in [0.1, 0.15) is 0 Å². The van der Waals surface area contributed by atoms with Crippen molar-refractivity contribution in [1.82, 2.24) is 0 Å². The number of methoxy groups -OCH3 is 2. The first kappa shape index (κ1) is 42.1. The normalized spacial score (nSPS) is 12.4. The molecular weight excluding hydrogens is 855 g/mol. The van der Waals surface area contributed by atoms with Crippen molar-refractivity contribution in [3.8, 4) is 34.1 Å². The molecule has 0 aromatic heterocycles. The third-order valence-corrected chi connectivity index (χ3v) is 11.8. The summed E-state index contributed by atoms with van der Waals surface area (Å²) in [7, 11) is -11.9. The molecule has 7 aromatic rings. The van der Waals surface area contributed by atoms with Gasteiger partial charge >= 0.3 is 0 Å². The van der Waals surface area contributed by atoms with Crippen molar-refractivity contribution in [3.63, 3.8) is 0 Å². The van der Waals surface area contributed by atoms with Gasteiger partial charge in [-0.15, -0.1) is 20.5 Å². The molecule has 0 spiro atoms. The fourth-order valence-corrected chi connectivity index (χ4v) is 8.08. The van der Waals surface area contributed by atoms with Crippen LogP contribution in [-0.2, 0) is 30.4 Å². The number of ether oxygens (including phenoxy) is 2. The van der Waals surface area contributed by atoms with Gasteiger partial charge in [-0.25, -0.2) is 0 Å². The lowest BCUT2D eigenvalue weighted by atomic mass is 10.0. The standard InChI is InChI=1S/C40H31N5O13S3/c1-57-33-18-22(8-14-31(33)42-44-37-29-13-11-28(59(48,49)50)17-25(29)21-36(40(37)47)61(54,55)56)23-9-15-32(34(19-23)58-2)43-45-38-35(60(51,52)53)20-24-16-27(10-12-30(24)39(38)46)41-26-6-4-3-5-7-26/h3-21,41,46-47H,1-2H3,(H,48,49,50)(H,51,52,53)(H,54,55,56). The Labute approximate surface area is 347 Å². The van der Waals surface area contributed by atoms with Crippen LogP contribution in [0.2, 0.25) is 0 Å². The van der Waals surface area contributed by atoms with E-state index in [1.807, 2.05) is 30.3 Å². The summed E-state index contributed by atoms with van der Waals surface area (Å²) in [5.41, 5.74) is 1.74. The number of nitrogens with one attached hydrogen (secondary N) is 1. The van der Waals surface area contributed by atoms with Gasteiger partial charge in [0.25, 0.3) is 30.4 Å². The highest BCUT2D eigenvalue weighted by Crippen LogP contribution is 2.45. The first-order valence-electron chi connectivity index (χ1n) is 17.4. The second-order valence-corrected chi connectivity index (χ2v) is 17.3. The minimum atomic E-state index is -5.04. The van der Waals surface area contributed by atoms with Crippen molar-refractivity contribution >= 4 is 86.0 Å². The second kappa shape index (κ2) is 16.2. The number of hydrogen-bond acceptors (Lipinski definition) is 15. The molecule has 0 atom stereocenters. The molecule has 0 fully saturated rings. The second-order valence-electron chi connectivity index (χ2n) is 13.1. The summed E-state index contributed by atoms with van der Waals surface area (Å²) in [5.74, 6) is -1.19. The van der Waals surface area contributed by atoms with E-state index < -0.39 is 67.9 Å². The van der Waals surface area contributed by atoms with E-state index in [4.69, 9.17) is 9.47 Å². The maximum Gasteiger partial charge on any atom is 0.298 e. The van der Waals surface area contributed by atoms with Gasteiger partial charge in [0.05, 0.1) is 19.1 Å². The quantitative estimate of drug-likeness (QED) is 0.0492. The molecule has 0 bridgehead atoms. The number of rotatable bonds is 12. The number of aromatic hydroxyl groups is 2. The molecule has 312 valence electrons. The minimum Gasteiger partial charge on any atom is -0.505 e. The van der Waals surface area contributed by atoms with Gasteiger partial charge in [0.1, 0.15) is 44.0 Å². The van der Waals surface area contributed by atoms with Crippen LogP contribution in [-0.4, -0.2) is 63.3 Å². The molecule has 6 N–H and O–H groups in total. The number of phenolic OH excluding ortho intramolecular Hbond substituents is 2. The van der Waals surface area contributed by atoms with E-state index in [0.717, 1.165) is 30.0 Å². The number of fused-ring (bicyclic) bond motifs is 2. The molecule has 0 heterocycles. The highest BCUT2D eigenvalue weighted by atomic mass is 32.2. The minimum absolute atomic E-state index is 0.0247. The fourth-order valence-electron chi connectivity index (χ4n) is 6.29. The highest BCUT2D eigenvalue weighted by molar-refractivity contribution is 7.86. The molecule has 61 heavy (non-hydrogen) atoms. The van der Waals surface area contributed by atoms with Crippen molar-refractivity contribution in [1.29, 1.82) is 0 Å². The Morgan fingerprint density at radius 2 is 1.03 bits per heavy atom. The molecule has 0 aliphatic rings. The molecule has 0 amide bonds. The Morgan fingerprint density at radius 1 is 0.492 bits per heavy atom. The average Bonchev–Trinajstić information content (AvgIpc) is 3.21. The van der Waals surface area contributed by atoms with E-state index in [0.29, 0.717) is 22.2 Å². The summed E-state index contributed by atoms with van der Waals surface area (Å²) in [6.07, 6.45) is 0. The van der Waals surface area contributed by atoms with Gasteiger partial charge in [-0.05, 0) is 101 Å². The number of azo groups is 2. The molecule has 0 aliphatic carbocycles. The third-order valence-electron chi connectivity index (χ3n) is 9.20. The molecule has 0 saturated heterocycles. The van der Waals surface area contributed by atoms with Crippen LogP contribution < -0.4 is 14.8 Å². The summed E-state index contributed by atoms with van der Waals surface area (Å²) in [6.45, 7) is 0. The molecule has 18 nitrogen and oxygen atoms in total. The number of phenols is 2. The van der Waals surface area contributed by atoms with Crippen LogP contribution in [0.25, 0.3) is 32.7 Å². The SMILES string of the molecule is COc1cc(-c2ccc(N=Nc3c(O)c(S(=O)(=O)O)cc4cc(S(=O)(=O)O)ccc34)c(OC)c2)ccc1N=Nc1c(S(=O)(=O)O)cc2cc(Nc3ccccc3)ccc2c1O. The van der Waals surface area contributed by atoms with E-state index in [2.05, 4.69) is 25.8 Å². The fraction of sp³-hybridized carbons (Fsp3) is 0.0500. The molecular formula is C40H31N5O13S3. The summed E-state index contributed by atoms with van der Waals surface area (Å²) in [6, 6.07) is 28.5. The van der Waals surface area contributed by atoms with Crippen LogP contribution in [0.15, 0.2) is 150 Å². The average molecular weight is 886 g/mol. The van der Waals surface area contributed by atoms with Crippen molar-refractivity contribution in [2.45, 2.75) is 14.7 Å². The number of anilines is 2. The van der Waals surface area contributed by atoms with Crippen molar-refractivity contribution in [3.05, 3.63) is 115 Å². The Hall–Kier alpha value is -7.01. The van der Waals surface area contributed by atoms with Crippen molar-refractivity contribution in [2.24, 2.45) is 20.5 Å². The van der Waals surface area contributed by atoms with Crippen LogP contribution in [0.3, 0.4) is 0 Å². The lowest BCUT2D eigenvalue weighted by molar-refractivity contribution is 0.415. The lowest BCUT2D eigenvalue weighted by Crippen LogP contribution is -2.00. The summed E-state index contributed by atoms with van der Waals surface area (Å²) in [4.78, 5) is -2.25. The summed E-state index contributed by atoms with van der Waals surface area (Å²) >= 11 is 0. The zero-order chi connectivity index (χ0) is 43.9. The van der Waals surface area contributed by atoms with E-state index in [9.17, 15) is 49.1 Å². The van der Waals surface area contributed by atoms with Crippen LogP contribution >= 0.6 is 0 Å². The third kappa shape index (κ3) is 8.82. The molecule has 0 unspecified atom stereocenters. The maximum absolute atomic E-state index is 12.5. The predicted octanol–water partition coefficient (Wildman–Crippen LogP) is 9.40. The van der Waals surface area contributed by atoms with Gasteiger partial charge in [0, 0.05) is 22.1 Å². The summed E-state index contributed by atoms with van der Waals surface area (Å²) < 4.78 is 113. The number of hydrogen-bond donors (Lipinski definition) is 6. The first-order chi connectivity index (χ1) is 28.8. The van der Waals surface area contributed by atoms with E-state index in [-0.39, 0.29) is 39.0 Å². The van der Waals surface area contributed by atoms with E-state index >= 15 is 0 Å². The van der Waals surface area contributed by atoms with Gasteiger partial charge in [0.2, 0.25) is 0 Å². The molecule has 0 saturated carbocycles. The molecule has 0 radical (unpaired) electrons. The van der Waals surface area contributed by atoms with Crippen molar-refractivity contribution < 1.29 is 58.6 Å². The van der Waals surface area contributed by atoms with E-state index in [1.54, 1.807) is 42.5 Å². The van der Waals surface area contributed by atoms with Gasteiger partial charge in [-0.1, -0.05) is 36.4 Å². The molecule has 7 rings (SSSR count). The van der Waals surface area contributed by atoms with Crippen molar-refractivity contribution in [2.75, 3.05) is 19.5 Å². The van der Waals surface area contributed by atoms with Gasteiger partial charge in [-0.3, -0.25) is 13.7 Å². The lowest BCUT2D eigenvalue weighted by Gasteiger charge is -2.12. The highest BCUT2D eigenvalue weighted by Gasteiger charge is 2.24. The van der Waals surface area contributed by atoms with Gasteiger partial charge < -0.3 is 25.0 Å². The maximum atomic E-state index is 12.5. The van der Waals surface area contributed by atoms with Crippen LogP contribution in [0.5, 0.6) is 23.0 Å². The zero-order valence-electron chi connectivity index (χ0n) is 31.5. The summed E-state index contributed by atoms with van der Waals surface area (Å²) in [5, 5.41) is 42.0. The van der Waals surface area contributed by atoms with Crippen LogP contribution in [0.4, 0.5) is 34.1 Å². The Morgan fingerprint density at radius 3 is 1.59 bits per heavy atom. The Balaban J connectivity index is 1.21. The van der Waals surface area contributed by atoms with Gasteiger partial charge in [-0.2, -0.15) is 25.3 Å². The molecule has 7 aromatic carbocycles. The predicted molar refractivity (Wildman–Crippen MR) is 224 cm³/mol. The smallest absolute Gasteiger partial charge is 0.298 e. The number of para-hydroxylation sites is 1. The van der Waals surface area contributed by atoms with Gasteiger partial charge in [0.15, 0.2) is 11.5 Å².